The number of hydrogen-bond acceptors (Lipinski definition) is 3. The van der Waals surface area contributed by atoms with Gasteiger partial charge >= 0.3 is 0 Å². The number of halogens is 1. The molecule has 4 heteroatoms. The van der Waals surface area contributed by atoms with Gasteiger partial charge in [0.15, 0.2) is 0 Å². The van der Waals surface area contributed by atoms with E-state index in [2.05, 4.69) is 33.0 Å². The predicted octanol–water partition coefficient (Wildman–Crippen LogP) is 1.65. The lowest BCUT2D eigenvalue weighted by atomic mass is 10.1. The van der Waals surface area contributed by atoms with E-state index in [-0.39, 0.29) is 0 Å². The van der Waals surface area contributed by atoms with Crippen LogP contribution in [0.2, 0.25) is 0 Å². The van der Waals surface area contributed by atoms with Crippen LogP contribution in [0.3, 0.4) is 0 Å². The molecule has 0 amide bonds. The maximum Gasteiger partial charge on any atom is 0.0701 e. The second kappa shape index (κ2) is 3.46. The lowest BCUT2D eigenvalue weighted by Gasteiger charge is -2.36. The summed E-state index contributed by atoms with van der Waals surface area (Å²) >= 11 is 5.25. The molecule has 0 radical (unpaired) electrons. The van der Waals surface area contributed by atoms with Crippen molar-refractivity contribution >= 4 is 27.3 Å². The highest BCUT2D eigenvalue weighted by molar-refractivity contribution is 9.11. The Labute approximate surface area is 84.5 Å². The zero-order valence-electron chi connectivity index (χ0n) is 6.66. The molecule has 0 atom stereocenters. The zero-order valence-corrected chi connectivity index (χ0v) is 9.07. The van der Waals surface area contributed by atoms with Gasteiger partial charge in [-0.3, -0.25) is 4.90 Å². The minimum atomic E-state index is 0.411. The second-order valence-corrected chi connectivity index (χ2v) is 5.71. The van der Waals surface area contributed by atoms with Crippen molar-refractivity contribution in [1.29, 1.82) is 0 Å². The molecule has 1 fully saturated rings. The van der Waals surface area contributed by atoms with Gasteiger partial charge in [0, 0.05) is 30.6 Å². The fourth-order valence-corrected chi connectivity index (χ4v) is 2.92. The fraction of sp³-hybridized carbons (Fsp3) is 0.500. The monoisotopic (exact) mass is 246 g/mol. The van der Waals surface area contributed by atoms with E-state index in [4.69, 9.17) is 5.73 Å². The molecule has 1 aliphatic rings. The SMILES string of the molecule is NC1CN(Cc2ccc(Br)s2)C1. The minimum Gasteiger partial charge on any atom is -0.325 e. The first-order chi connectivity index (χ1) is 5.74. The average molecular weight is 247 g/mol. The molecule has 0 unspecified atom stereocenters. The van der Waals surface area contributed by atoms with E-state index < -0.39 is 0 Å². The Morgan fingerprint density at radius 2 is 2.33 bits per heavy atom. The lowest BCUT2D eigenvalue weighted by Crippen LogP contribution is -2.54. The van der Waals surface area contributed by atoms with Crippen molar-refractivity contribution < 1.29 is 0 Å². The highest BCUT2D eigenvalue weighted by Crippen LogP contribution is 2.24. The number of hydrogen-bond donors (Lipinski definition) is 1. The normalized spacial score (nSPS) is 19.5. The van der Waals surface area contributed by atoms with Crippen LogP contribution in [-0.4, -0.2) is 24.0 Å². The number of rotatable bonds is 2. The van der Waals surface area contributed by atoms with Crippen molar-refractivity contribution in [3.8, 4) is 0 Å². The summed E-state index contributed by atoms with van der Waals surface area (Å²) in [5.74, 6) is 0. The standard InChI is InChI=1S/C8H11BrN2S/c9-8-2-1-7(12-8)5-11-3-6(10)4-11/h1-2,6H,3-5,10H2. The van der Waals surface area contributed by atoms with E-state index in [9.17, 15) is 0 Å². The molecule has 0 aromatic carbocycles. The molecule has 0 aliphatic carbocycles. The predicted molar refractivity (Wildman–Crippen MR) is 55.3 cm³/mol. The number of nitrogens with zero attached hydrogens (tertiary/aromatic N) is 1. The molecule has 2 nitrogen and oxygen atoms in total. The van der Waals surface area contributed by atoms with Crippen LogP contribution in [0.25, 0.3) is 0 Å². The van der Waals surface area contributed by atoms with Gasteiger partial charge in [-0.2, -0.15) is 0 Å². The molecule has 1 aromatic heterocycles. The van der Waals surface area contributed by atoms with E-state index in [1.54, 1.807) is 11.3 Å². The average Bonchev–Trinajstić information content (AvgIpc) is 2.33. The van der Waals surface area contributed by atoms with Crippen LogP contribution >= 0.6 is 27.3 Å². The number of nitrogens with two attached hydrogens (primary N) is 1. The van der Waals surface area contributed by atoms with Gasteiger partial charge in [-0.25, -0.2) is 0 Å². The van der Waals surface area contributed by atoms with Gasteiger partial charge in [-0.15, -0.1) is 11.3 Å². The number of likely N-dealkylation sites (tertiary alicyclic amines) is 1. The molecular weight excluding hydrogens is 236 g/mol. The van der Waals surface area contributed by atoms with Crippen LogP contribution in [0, 0.1) is 0 Å². The lowest BCUT2D eigenvalue weighted by molar-refractivity contribution is 0.144. The summed E-state index contributed by atoms with van der Waals surface area (Å²) in [6, 6.07) is 4.67. The summed E-state index contributed by atoms with van der Waals surface area (Å²) in [5, 5.41) is 0. The van der Waals surface area contributed by atoms with Crippen molar-refractivity contribution in [1.82, 2.24) is 4.90 Å². The molecule has 0 spiro atoms. The van der Waals surface area contributed by atoms with Crippen LogP contribution in [0.15, 0.2) is 15.9 Å². The van der Waals surface area contributed by atoms with Crippen LogP contribution in [-0.2, 0) is 6.54 Å². The van der Waals surface area contributed by atoms with Gasteiger partial charge in [-0.1, -0.05) is 0 Å². The molecule has 0 bridgehead atoms. The van der Waals surface area contributed by atoms with Crippen molar-refractivity contribution in [2.75, 3.05) is 13.1 Å². The summed E-state index contributed by atoms with van der Waals surface area (Å²) in [6.07, 6.45) is 0. The molecule has 1 saturated heterocycles. The minimum absolute atomic E-state index is 0.411. The number of thiophene rings is 1. The first-order valence-electron chi connectivity index (χ1n) is 3.96. The van der Waals surface area contributed by atoms with Gasteiger partial charge in [-0.05, 0) is 28.1 Å². The van der Waals surface area contributed by atoms with Crippen LogP contribution < -0.4 is 5.73 Å². The van der Waals surface area contributed by atoms with Crippen molar-refractivity contribution in [2.24, 2.45) is 5.73 Å². The summed E-state index contributed by atoms with van der Waals surface area (Å²) in [6.45, 7) is 3.16. The van der Waals surface area contributed by atoms with E-state index in [0.29, 0.717) is 6.04 Å². The quantitative estimate of drug-likeness (QED) is 0.861. The van der Waals surface area contributed by atoms with Gasteiger partial charge < -0.3 is 5.73 Å². The Morgan fingerprint density at radius 3 is 2.83 bits per heavy atom. The molecule has 12 heavy (non-hydrogen) atoms. The molecule has 1 aliphatic heterocycles. The maximum atomic E-state index is 5.68. The second-order valence-electron chi connectivity index (χ2n) is 3.16. The van der Waals surface area contributed by atoms with Crippen LogP contribution in [0.4, 0.5) is 0 Å². The smallest absolute Gasteiger partial charge is 0.0701 e. The van der Waals surface area contributed by atoms with Crippen molar-refractivity contribution in [3.63, 3.8) is 0 Å². The summed E-state index contributed by atoms with van der Waals surface area (Å²) in [4.78, 5) is 3.77. The molecule has 2 N–H and O–H groups in total. The van der Waals surface area contributed by atoms with Crippen LogP contribution in [0.1, 0.15) is 4.88 Å². The largest absolute Gasteiger partial charge is 0.325 e. The third kappa shape index (κ3) is 1.88. The molecule has 2 heterocycles. The Kier molecular flexibility index (Phi) is 2.50. The Hall–Kier alpha value is 0.1000. The Balaban J connectivity index is 1.88. The highest BCUT2D eigenvalue weighted by Gasteiger charge is 2.22. The summed E-state index contributed by atoms with van der Waals surface area (Å²) in [7, 11) is 0. The molecule has 1 aromatic rings. The summed E-state index contributed by atoms with van der Waals surface area (Å²) < 4.78 is 1.21. The topological polar surface area (TPSA) is 29.3 Å². The van der Waals surface area contributed by atoms with Gasteiger partial charge in [0.1, 0.15) is 0 Å². The van der Waals surface area contributed by atoms with Crippen LogP contribution in [0.5, 0.6) is 0 Å². The van der Waals surface area contributed by atoms with E-state index in [0.717, 1.165) is 19.6 Å². The van der Waals surface area contributed by atoms with Crippen molar-refractivity contribution in [3.05, 3.63) is 20.8 Å². The van der Waals surface area contributed by atoms with E-state index in [1.165, 1.54) is 8.66 Å². The molecule has 66 valence electrons. The molecule has 0 saturated carbocycles. The first kappa shape index (κ1) is 8.69. The third-order valence-electron chi connectivity index (χ3n) is 1.99. The molecular formula is C8H11BrN2S. The van der Waals surface area contributed by atoms with Gasteiger partial charge in [0.2, 0.25) is 0 Å². The third-order valence-corrected chi connectivity index (χ3v) is 3.60. The van der Waals surface area contributed by atoms with E-state index in [1.807, 2.05) is 0 Å². The molecule has 2 rings (SSSR count). The Bertz CT molecular complexity index is 268. The first-order valence-corrected chi connectivity index (χ1v) is 5.57. The fourth-order valence-electron chi connectivity index (χ4n) is 1.40. The van der Waals surface area contributed by atoms with Crippen molar-refractivity contribution in [2.45, 2.75) is 12.6 Å². The Morgan fingerprint density at radius 1 is 1.58 bits per heavy atom. The highest BCUT2D eigenvalue weighted by atomic mass is 79.9. The zero-order chi connectivity index (χ0) is 8.55. The van der Waals surface area contributed by atoms with Gasteiger partial charge in [0.25, 0.3) is 0 Å². The van der Waals surface area contributed by atoms with Gasteiger partial charge in [0.05, 0.1) is 3.79 Å². The van der Waals surface area contributed by atoms with E-state index >= 15 is 0 Å². The summed E-state index contributed by atoms with van der Waals surface area (Å²) in [5.41, 5.74) is 5.68. The maximum absolute atomic E-state index is 5.68.